The van der Waals surface area contributed by atoms with Gasteiger partial charge < -0.3 is 10.2 Å². The van der Waals surface area contributed by atoms with E-state index in [0.717, 1.165) is 27.8 Å². The van der Waals surface area contributed by atoms with Crippen LogP contribution >= 0.6 is 0 Å². The summed E-state index contributed by atoms with van der Waals surface area (Å²) < 4.78 is 0. The van der Waals surface area contributed by atoms with E-state index in [1.807, 2.05) is 45.0 Å². The first-order valence-corrected chi connectivity index (χ1v) is 6.05. The Morgan fingerprint density at radius 2 is 1.61 bits per heavy atom. The number of rotatable bonds is 2. The average molecular weight is 242 g/mol. The summed E-state index contributed by atoms with van der Waals surface area (Å²) in [4.78, 5) is 0. The molecule has 0 aliphatic carbocycles. The highest BCUT2D eigenvalue weighted by atomic mass is 16.3. The summed E-state index contributed by atoms with van der Waals surface area (Å²) in [5.41, 5.74) is 4.93. The van der Waals surface area contributed by atoms with Crippen molar-refractivity contribution in [1.82, 2.24) is 0 Å². The summed E-state index contributed by atoms with van der Waals surface area (Å²) >= 11 is 0. The molecule has 0 spiro atoms. The Bertz CT molecular complexity index is 586. The third kappa shape index (κ3) is 2.48. The third-order valence-electron chi connectivity index (χ3n) is 3.18. The van der Waals surface area contributed by atoms with Crippen molar-refractivity contribution in [1.29, 1.82) is 0 Å². The first-order chi connectivity index (χ1) is 8.47. The monoisotopic (exact) mass is 242 g/mol. The highest BCUT2D eigenvalue weighted by Gasteiger charge is 2.07. The lowest BCUT2D eigenvalue weighted by Gasteiger charge is -2.10. The Labute approximate surface area is 108 Å². The topological polar surface area (TPSA) is 40.5 Å². The standard InChI is InChI=1S/C16H18O2/c1-10-6-12(3)16(18)14(7-10)9-13-4-5-15(17)11(2)8-13/h4-8,17-18H,9H2,1-3H3. The number of benzene rings is 2. The molecule has 2 aromatic rings. The first kappa shape index (κ1) is 12.5. The van der Waals surface area contributed by atoms with E-state index in [-0.39, 0.29) is 0 Å². The number of phenols is 2. The van der Waals surface area contributed by atoms with E-state index in [1.165, 1.54) is 0 Å². The van der Waals surface area contributed by atoms with Crippen molar-refractivity contribution in [3.63, 3.8) is 0 Å². The Hall–Kier alpha value is -1.96. The summed E-state index contributed by atoms with van der Waals surface area (Å²) in [5, 5.41) is 19.6. The molecule has 0 amide bonds. The van der Waals surface area contributed by atoms with Crippen molar-refractivity contribution >= 4 is 0 Å². The first-order valence-electron chi connectivity index (χ1n) is 6.05. The molecule has 2 N–H and O–H groups in total. The van der Waals surface area contributed by atoms with E-state index >= 15 is 0 Å². The predicted octanol–water partition coefficient (Wildman–Crippen LogP) is 3.61. The molecule has 0 radical (unpaired) electrons. The Balaban J connectivity index is 2.36. The van der Waals surface area contributed by atoms with Gasteiger partial charge in [0, 0.05) is 6.42 Å². The van der Waals surface area contributed by atoms with Crippen LogP contribution in [0.15, 0.2) is 30.3 Å². The lowest BCUT2D eigenvalue weighted by Crippen LogP contribution is -1.93. The van der Waals surface area contributed by atoms with Gasteiger partial charge in [0.2, 0.25) is 0 Å². The number of aromatic hydroxyl groups is 2. The van der Waals surface area contributed by atoms with Gasteiger partial charge >= 0.3 is 0 Å². The van der Waals surface area contributed by atoms with Crippen LogP contribution in [-0.4, -0.2) is 10.2 Å². The Morgan fingerprint density at radius 1 is 0.889 bits per heavy atom. The van der Waals surface area contributed by atoms with Crippen LogP contribution in [0.3, 0.4) is 0 Å². The third-order valence-corrected chi connectivity index (χ3v) is 3.18. The van der Waals surface area contributed by atoms with E-state index in [1.54, 1.807) is 6.07 Å². The van der Waals surface area contributed by atoms with E-state index in [4.69, 9.17) is 0 Å². The maximum absolute atomic E-state index is 10.1. The van der Waals surface area contributed by atoms with Crippen LogP contribution in [0.5, 0.6) is 11.5 Å². The fraction of sp³-hybridized carbons (Fsp3) is 0.250. The van der Waals surface area contributed by atoms with Gasteiger partial charge in [-0.25, -0.2) is 0 Å². The molecule has 2 rings (SSSR count). The lowest BCUT2D eigenvalue weighted by atomic mass is 9.98. The molecule has 2 heteroatoms. The molecule has 0 fully saturated rings. The SMILES string of the molecule is Cc1cc(C)c(O)c(Cc2ccc(O)c(C)c2)c1. The molecule has 0 unspecified atom stereocenters. The van der Waals surface area contributed by atoms with Crippen LogP contribution in [0, 0.1) is 20.8 Å². The molecule has 0 saturated carbocycles. The molecule has 18 heavy (non-hydrogen) atoms. The highest BCUT2D eigenvalue weighted by Crippen LogP contribution is 2.27. The van der Waals surface area contributed by atoms with Gasteiger partial charge in [-0.05, 0) is 49.1 Å². The molecule has 94 valence electrons. The molecule has 0 aliphatic heterocycles. The lowest BCUT2D eigenvalue weighted by molar-refractivity contribution is 0.465. The van der Waals surface area contributed by atoms with E-state index < -0.39 is 0 Å². The van der Waals surface area contributed by atoms with Gasteiger partial charge in [-0.2, -0.15) is 0 Å². The maximum Gasteiger partial charge on any atom is 0.122 e. The van der Waals surface area contributed by atoms with E-state index in [9.17, 15) is 10.2 Å². The van der Waals surface area contributed by atoms with Crippen LogP contribution in [-0.2, 0) is 6.42 Å². The zero-order valence-electron chi connectivity index (χ0n) is 11.0. The van der Waals surface area contributed by atoms with Gasteiger partial charge in [0.25, 0.3) is 0 Å². The fourth-order valence-corrected chi connectivity index (χ4v) is 2.23. The van der Waals surface area contributed by atoms with Crippen LogP contribution < -0.4 is 0 Å². The number of aryl methyl sites for hydroxylation is 3. The minimum Gasteiger partial charge on any atom is -0.508 e. The molecule has 0 saturated heterocycles. The van der Waals surface area contributed by atoms with Gasteiger partial charge in [-0.1, -0.05) is 29.8 Å². The zero-order valence-corrected chi connectivity index (χ0v) is 11.0. The predicted molar refractivity (Wildman–Crippen MR) is 73.2 cm³/mol. The maximum atomic E-state index is 10.1. The molecule has 0 bridgehead atoms. The van der Waals surface area contributed by atoms with E-state index in [2.05, 4.69) is 0 Å². The highest BCUT2D eigenvalue weighted by molar-refractivity contribution is 5.46. The second-order valence-corrected chi connectivity index (χ2v) is 4.89. The smallest absolute Gasteiger partial charge is 0.122 e. The largest absolute Gasteiger partial charge is 0.508 e. The Morgan fingerprint density at radius 3 is 2.28 bits per heavy atom. The van der Waals surface area contributed by atoms with Crippen molar-refractivity contribution in [2.24, 2.45) is 0 Å². The summed E-state index contributed by atoms with van der Waals surface area (Å²) in [6, 6.07) is 9.52. The molecule has 2 aromatic carbocycles. The van der Waals surface area contributed by atoms with Crippen molar-refractivity contribution in [2.45, 2.75) is 27.2 Å². The second kappa shape index (κ2) is 4.73. The zero-order chi connectivity index (χ0) is 13.3. The Kier molecular flexibility index (Phi) is 3.28. The van der Waals surface area contributed by atoms with Crippen LogP contribution in [0.4, 0.5) is 0 Å². The van der Waals surface area contributed by atoms with Gasteiger partial charge in [-0.3, -0.25) is 0 Å². The van der Waals surface area contributed by atoms with Crippen LogP contribution in [0.25, 0.3) is 0 Å². The molecule has 2 nitrogen and oxygen atoms in total. The minimum absolute atomic E-state index is 0.309. The average Bonchev–Trinajstić information content (AvgIpc) is 2.30. The van der Waals surface area contributed by atoms with E-state index in [0.29, 0.717) is 17.9 Å². The molecule has 0 atom stereocenters. The number of hydrogen-bond acceptors (Lipinski definition) is 2. The quantitative estimate of drug-likeness (QED) is 0.844. The molecule has 0 heterocycles. The number of hydrogen-bond donors (Lipinski definition) is 2. The van der Waals surface area contributed by atoms with Crippen molar-refractivity contribution in [3.8, 4) is 11.5 Å². The fourth-order valence-electron chi connectivity index (χ4n) is 2.23. The van der Waals surface area contributed by atoms with Gasteiger partial charge in [-0.15, -0.1) is 0 Å². The second-order valence-electron chi connectivity index (χ2n) is 4.89. The summed E-state index contributed by atoms with van der Waals surface area (Å²) in [7, 11) is 0. The van der Waals surface area contributed by atoms with Crippen molar-refractivity contribution < 1.29 is 10.2 Å². The van der Waals surface area contributed by atoms with Gasteiger partial charge in [0.05, 0.1) is 0 Å². The van der Waals surface area contributed by atoms with Gasteiger partial charge in [0.1, 0.15) is 11.5 Å². The summed E-state index contributed by atoms with van der Waals surface area (Å²) in [5.74, 6) is 0.676. The van der Waals surface area contributed by atoms with Crippen molar-refractivity contribution in [3.05, 3.63) is 58.1 Å². The number of phenolic OH excluding ortho intramolecular Hbond substituents is 2. The normalized spacial score (nSPS) is 10.6. The molecular weight excluding hydrogens is 224 g/mol. The minimum atomic E-state index is 0.309. The molecule has 0 aromatic heterocycles. The molecule has 0 aliphatic rings. The molecular formula is C16H18O2. The summed E-state index contributed by atoms with van der Waals surface area (Å²) in [6.07, 6.45) is 0.676. The summed E-state index contributed by atoms with van der Waals surface area (Å²) in [6.45, 7) is 5.81. The van der Waals surface area contributed by atoms with Crippen molar-refractivity contribution in [2.75, 3.05) is 0 Å². The van der Waals surface area contributed by atoms with Crippen LogP contribution in [0.1, 0.15) is 27.8 Å². The van der Waals surface area contributed by atoms with Gasteiger partial charge in [0.15, 0.2) is 0 Å². The van der Waals surface area contributed by atoms with Crippen LogP contribution in [0.2, 0.25) is 0 Å².